The smallest absolute Gasteiger partial charge is 0.257 e. The van der Waals surface area contributed by atoms with Crippen molar-refractivity contribution in [1.29, 1.82) is 0 Å². The summed E-state index contributed by atoms with van der Waals surface area (Å²) in [4.78, 5) is 35.7. The van der Waals surface area contributed by atoms with Gasteiger partial charge in [-0.25, -0.2) is 4.39 Å². The van der Waals surface area contributed by atoms with Crippen LogP contribution in [0.1, 0.15) is 15.9 Å². The van der Waals surface area contributed by atoms with Crippen LogP contribution in [0.3, 0.4) is 0 Å². The molecule has 0 radical (unpaired) electrons. The number of carbonyl (C=O) groups excluding carboxylic acids is 3. The molecule has 0 spiro atoms. The number of nitrogens with two attached hydrogens (primary N) is 1. The third-order valence-electron chi connectivity index (χ3n) is 2.77. The van der Waals surface area contributed by atoms with Crippen LogP contribution in [0.25, 0.3) is 0 Å². The average Bonchev–Trinajstić information content (AvgIpc) is 2.44. The minimum Gasteiger partial charge on any atom is -0.320 e. The molecule has 7 heteroatoms. The zero-order valence-electron chi connectivity index (χ0n) is 11.0. The minimum atomic E-state index is -0.739. The Kier molecular flexibility index (Phi) is 4.30. The number of nitrogens with one attached hydrogen (secondary N) is 1. The van der Waals surface area contributed by atoms with Crippen LogP contribution in [0, 0.1) is 17.7 Å². The van der Waals surface area contributed by atoms with Gasteiger partial charge in [0.25, 0.3) is 5.91 Å². The van der Waals surface area contributed by atoms with Gasteiger partial charge in [-0.05, 0) is 18.2 Å². The van der Waals surface area contributed by atoms with Crippen LogP contribution in [0.15, 0.2) is 18.2 Å². The first kappa shape index (κ1) is 14.7. The predicted octanol–water partition coefficient (Wildman–Crippen LogP) is -0.766. The summed E-state index contributed by atoms with van der Waals surface area (Å²) in [5.41, 5.74) is 5.44. The third kappa shape index (κ3) is 3.43. The number of carbonyl (C=O) groups is 3. The van der Waals surface area contributed by atoms with E-state index >= 15 is 0 Å². The lowest BCUT2D eigenvalue weighted by molar-refractivity contribution is -0.135. The largest absolute Gasteiger partial charge is 0.320 e. The van der Waals surface area contributed by atoms with Gasteiger partial charge in [-0.2, -0.15) is 0 Å². The van der Waals surface area contributed by atoms with Gasteiger partial charge < -0.3 is 10.6 Å². The van der Waals surface area contributed by atoms with Crippen molar-refractivity contribution >= 4 is 17.7 Å². The number of benzene rings is 1. The summed E-state index contributed by atoms with van der Waals surface area (Å²) in [5.74, 6) is 2.62. The standard InChI is InChI=1S/C14H12FN3O3/c15-11-4-3-9(2-1-5-16)6-10(11)14(21)18-7-12(19)17-13(20)8-18/h3-4,6H,5,7-8,16H2,(H,17,19,20). The lowest BCUT2D eigenvalue weighted by atomic mass is 10.1. The Bertz CT molecular complexity index is 660. The fourth-order valence-electron chi connectivity index (χ4n) is 1.87. The lowest BCUT2D eigenvalue weighted by Gasteiger charge is -2.25. The Morgan fingerprint density at radius 2 is 2.00 bits per heavy atom. The van der Waals surface area contributed by atoms with E-state index in [1.807, 2.05) is 0 Å². The molecule has 0 unspecified atom stereocenters. The molecule has 1 saturated heterocycles. The maximum Gasteiger partial charge on any atom is 0.257 e. The van der Waals surface area contributed by atoms with Gasteiger partial charge >= 0.3 is 0 Å². The Hall–Kier alpha value is -2.72. The molecule has 0 atom stereocenters. The van der Waals surface area contributed by atoms with E-state index in [1.165, 1.54) is 12.1 Å². The fraction of sp³-hybridized carbons (Fsp3) is 0.214. The zero-order chi connectivity index (χ0) is 15.4. The number of halogens is 1. The van der Waals surface area contributed by atoms with Crippen LogP contribution in [-0.4, -0.2) is 42.3 Å². The highest BCUT2D eigenvalue weighted by molar-refractivity contribution is 6.05. The summed E-state index contributed by atoms with van der Waals surface area (Å²) in [6.45, 7) is -0.438. The first-order valence-corrected chi connectivity index (χ1v) is 6.11. The van der Waals surface area contributed by atoms with Crippen LogP contribution in [-0.2, 0) is 9.59 Å². The summed E-state index contributed by atoms with van der Waals surface area (Å²) in [7, 11) is 0. The van der Waals surface area contributed by atoms with Crippen molar-refractivity contribution in [1.82, 2.24) is 10.2 Å². The second-order valence-corrected chi connectivity index (χ2v) is 4.33. The van der Waals surface area contributed by atoms with E-state index in [-0.39, 0.29) is 25.2 Å². The molecule has 21 heavy (non-hydrogen) atoms. The predicted molar refractivity (Wildman–Crippen MR) is 71.4 cm³/mol. The Morgan fingerprint density at radius 1 is 1.33 bits per heavy atom. The van der Waals surface area contributed by atoms with Crippen molar-refractivity contribution in [3.8, 4) is 11.8 Å². The highest BCUT2D eigenvalue weighted by Gasteiger charge is 2.28. The highest BCUT2D eigenvalue weighted by atomic mass is 19.1. The van der Waals surface area contributed by atoms with E-state index < -0.39 is 23.5 Å². The van der Waals surface area contributed by atoms with Crippen molar-refractivity contribution in [2.24, 2.45) is 5.73 Å². The molecule has 0 aromatic heterocycles. The van der Waals surface area contributed by atoms with Gasteiger partial charge in [0.05, 0.1) is 12.1 Å². The van der Waals surface area contributed by atoms with Crippen LogP contribution >= 0.6 is 0 Å². The molecular formula is C14H12FN3O3. The molecule has 108 valence electrons. The maximum atomic E-state index is 13.8. The van der Waals surface area contributed by atoms with Gasteiger partial charge in [0, 0.05) is 5.56 Å². The van der Waals surface area contributed by atoms with Crippen LogP contribution in [0.2, 0.25) is 0 Å². The van der Waals surface area contributed by atoms with Crippen molar-refractivity contribution in [2.75, 3.05) is 19.6 Å². The summed E-state index contributed by atoms with van der Waals surface area (Å²) < 4.78 is 13.8. The lowest BCUT2D eigenvalue weighted by Crippen LogP contribution is -2.53. The quantitative estimate of drug-likeness (QED) is 0.525. The van der Waals surface area contributed by atoms with Gasteiger partial charge in [0.2, 0.25) is 11.8 Å². The van der Waals surface area contributed by atoms with E-state index in [0.29, 0.717) is 5.56 Å². The normalized spacial score (nSPS) is 14.3. The second kappa shape index (κ2) is 6.15. The molecule has 1 aromatic rings. The molecule has 1 fully saturated rings. The maximum absolute atomic E-state index is 13.8. The van der Waals surface area contributed by atoms with Gasteiger partial charge in [-0.3, -0.25) is 19.7 Å². The van der Waals surface area contributed by atoms with E-state index in [1.54, 1.807) is 0 Å². The first-order chi connectivity index (χ1) is 10.0. The van der Waals surface area contributed by atoms with Crippen LogP contribution < -0.4 is 11.1 Å². The fourth-order valence-corrected chi connectivity index (χ4v) is 1.87. The number of nitrogens with zero attached hydrogens (tertiary/aromatic N) is 1. The summed E-state index contributed by atoms with van der Waals surface area (Å²) in [6.07, 6.45) is 0. The Balaban J connectivity index is 2.29. The number of hydrogen-bond donors (Lipinski definition) is 2. The molecule has 3 amide bonds. The zero-order valence-corrected chi connectivity index (χ0v) is 11.0. The van der Waals surface area contributed by atoms with Gasteiger partial charge in [-0.15, -0.1) is 0 Å². The SMILES string of the molecule is NCC#Cc1ccc(F)c(C(=O)N2CC(=O)NC(=O)C2)c1. The number of rotatable bonds is 1. The monoisotopic (exact) mass is 289 g/mol. The molecule has 3 N–H and O–H groups in total. The molecule has 1 heterocycles. The molecule has 0 bridgehead atoms. The molecule has 6 nitrogen and oxygen atoms in total. The Morgan fingerprint density at radius 3 is 2.62 bits per heavy atom. The third-order valence-corrected chi connectivity index (χ3v) is 2.77. The van der Waals surface area contributed by atoms with Crippen molar-refractivity contribution < 1.29 is 18.8 Å². The molecule has 1 aliphatic rings. The number of imide groups is 1. The van der Waals surface area contributed by atoms with Crippen LogP contribution in [0.4, 0.5) is 4.39 Å². The molecule has 1 aromatic carbocycles. The molecule has 0 aliphatic carbocycles. The molecule has 0 saturated carbocycles. The van der Waals surface area contributed by atoms with Crippen molar-refractivity contribution in [3.05, 3.63) is 35.1 Å². The van der Waals surface area contributed by atoms with Gasteiger partial charge in [0.1, 0.15) is 18.9 Å². The number of piperazine rings is 1. The van der Waals surface area contributed by atoms with E-state index in [9.17, 15) is 18.8 Å². The van der Waals surface area contributed by atoms with E-state index in [4.69, 9.17) is 5.73 Å². The minimum absolute atomic E-state index is 0.140. The topological polar surface area (TPSA) is 92.5 Å². The van der Waals surface area contributed by atoms with Crippen molar-refractivity contribution in [2.45, 2.75) is 0 Å². The van der Waals surface area contributed by atoms with Crippen LogP contribution in [0.5, 0.6) is 0 Å². The van der Waals surface area contributed by atoms with E-state index in [2.05, 4.69) is 17.2 Å². The Labute approximate surface area is 120 Å². The summed E-state index contributed by atoms with van der Waals surface area (Å²) in [5, 5.41) is 2.07. The summed E-state index contributed by atoms with van der Waals surface area (Å²) >= 11 is 0. The molecule has 2 rings (SSSR count). The van der Waals surface area contributed by atoms with Crippen molar-refractivity contribution in [3.63, 3.8) is 0 Å². The summed E-state index contributed by atoms with van der Waals surface area (Å²) in [6, 6.07) is 3.81. The molecule has 1 aliphatic heterocycles. The highest BCUT2D eigenvalue weighted by Crippen LogP contribution is 2.13. The molecular weight excluding hydrogens is 277 g/mol. The average molecular weight is 289 g/mol. The second-order valence-electron chi connectivity index (χ2n) is 4.33. The number of amides is 3. The van der Waals surface area contributed by atoms with Gasteiger partial charge in [-0.1, -0.05) is 11.8 Å². The van der Waals surface area contributed by atoms with Gasteiger partial charge in [0.15, 0.2) is 0 Å². The first-order valence-electron chi connectivity index (χ1n) is 6.11. The van der Waals surface area contributed by atoms with E-state index in [0.717, 1.165) is 11.0 Å². The number of hydrogen-bond acceptors (Lipinski definition) is 4.